The molecule has 3 aromatic rings. The summed E-state index contributed by atoms with van der Waals surface area (Å²) in [7, 11) is 0. The minimum Gasteiger partial charge on any atom is -0.760 e. The molecule has 2 N–H and O–H groups in total. The number of aryl methyl sites for hydroxylation is 1. The highest BCUT2D eigenvalue weighted by Crippen LogP contribution is 2.26. The van der Waals surface area contributed by atoms with Crippen LogP contribution in [-0.2, 0) is 17.7 Å². The van der Waals surface area contributed by atoms with E-state index < -0.39 is 40.1 Å². The van der Waals surface area contributed by atoms with Gasteiger partial charge in [0, 0.05) is 49.6 Å². The van der Waals surface area contributed by atoms with Crippen LogP contribution in [-0.4, -0.2) is 57.2 Å². The van der Waals surface area contributed by atoms with Crippen molar-refractivity contribution in [2.24, 2.45) is 0 Å². The summed E-state index contributed by atoms with van der Waals surface area (Å²) in [6, 6.07) is 4.94. The maximum Gasteiger partial charge on any atom is 0.199 e. The lowest BCUT2D eigenvalue weighted by Crippen LogP contribution is -2.43. The number of rotatable bonds is 8. The third kappa shape index (κ3) is 5.25. The monoisotopic (exact) mass is 492 g/mol. The fourth-order valence-corrected chi connectivity index (χ4v) is 4.12. The zero-order valence-corrected chi connectivity index (χ0v) is 18.8. The van der Waals surface area contributed by atoms with Crippen molar-refractivity contribution in [1.82, 2.24) is 20.0 Å². The van der Waals surface area contributed by atoms with Crippen molar-refractivity contribution in [2.45, 2.75) is 12.8 Å². The first-order valence-electron chi connectivity index (χ1n) is 10.6. The number of anilines is 1. The summed E-state index contributed by atoms with van der Waals surface area (Å²) in [5, 5.41) is 3.24. The SMILES string of the molecule is O=C(c1ccc2ncc(N3CCNCC3)nc2c1)c1c(F)c(F)cc(CCCNS(=O)[O-])c1F. The van der Waals surface area contributed by atoms with Crippen LogP contribution in [0.3, 0.4) is 0 Å². The van der Waals surface area contributed by atoms with E-state index in [1.165, 1.54) is 18.2 Å². The minimum absolute atomic E-state index is 0.0173. The molecule has 4 rings (SSSR count). The van der Waals surface area contributed by atoms with Gasteiger partial charge >= 0.3 is 0 Å². The number of nitrogens with one attached hydrogen (secondary N) is 2. The molecule has 1 saturated heterocycles. The van der Waals surface area contributed by atoms with Gasteiger partial charge in [0.15, 0.2) is 17.4 Å². The van der Waals surface area contributed by atoms with E-state index >= 15 is 4.39 Å². The molecule has 12 heteroatoms. The minimum atomic E-state index is -2.49. The summed E-state index contributed by atoms with van der Waals surface area (Å²) < 4.78 is 66.9. The molecule has 1 aliphatic rings. The Balaban J connectivity index is 1.64. The number of halogens is 3. The standard InChI is InChI=1S/C22H22F3N5O3S/c23-15-10-13(2-1-5-28-34(32)33)20(24)19(21(15)25)22(31)14-3-4-16-17(11-14)29-18(12-27-16)30-8-6-26-7-9-30/h3-4,10-12,26,28H,1-2,5-9H2,(H,32,33)/p-1. The van der Waals surface area contributed by atoms with Crippen LogP contribution in [0.4, 0.5) is 19.0 Å². The van der Waals surface area contributed by atoms with Crippen molar-refractivity contribution in [3.8, 4) is 0 Å². The molecule has 1 fully saturated rings. The number of carbonyl (C=O) groups excluding carboxylic acids is 1. The third-order valence-electron chi connectivity index (χ3n) is 5.53. The molecule has 1 aromatic heterocycles. The summed E-state index contributed by atoms with van der Waals surface area (Å²) in [5.74, 6) is -4.51. The van der Waals surface area contributed by atoms with Crippen LogP contribution < -0.4 is 14.9 Å². The Morgan fingerprint density at radius 2 is 1.91 bits per heavy atom. The highest BCUT2D eigenvalue weighted by molar-refractivity contribution is 7.77. The summed E-state index contributed by atoms with van der Waals surface area (Å²) >= 11 is -2.49. The van der Waals surface area contributed by atoms with E-state index in [9.17, 15) is 22.3 Å². The van der Waals surface area contributed by atoms with Gasteiger partial charge in [-0.15, -0.1) is 0 Å². The molecule has 1 aliphatic heterocycles. The number of benzene rings is 2. The molecule has 0 amide bonds. The van der Waals surface area contributed by atoms with Gasteiger partial charge in [-0.1, -0.05) is 0 Å². The van der Waals surface area contributed by atoms with Gasteiger partial charge in [-0.2, -0.15) is 0 Å². The molecule has 180 valence electrons. The number of fused-ring (bicyclic) bond motifs is 1. The smallest absolute Gasteiger partial charge is 0.199 e. The zero-order valence-electron chi connectivity index (χ0n) is 17.9. The van der Waals surface area contributed by atoms with Crippen molar-refractivity contribution in [3.63, 3.8) is 0 Å². The molecular weight excluding hydrogens is 471 g/mol. The number of nitrogens with zero attached hydrogens (tertiary/aromatic N) is 3. The lowest BCUT2D eigenvalue weighted by atomic mass is 9.97. The average Bonchev–Trinajstić information content (AvgIpc) is 2.84. The number of aromatic nitrogens is 2. The first-order valence-corrected chi connectivity index (χ1v) is 11.7. The Kier molecular flexibility index (Phi) is 7.51. The molecule has 0 spiro atoms. The second-order valence-electron chi connectivity index (χ2n) is 7.75. The molecule has 0 bridgehead atoms. The lowest BCUT2D eigenvalue weighted by Gasteiger charge is -2.28. The van der Waals surface area contributed by atoms with E-state index in [0.29, 0.717) is 22.9 Å². The number of hydrogen-bond acceptors (Lipinski definition) is 7. The highest BCUT2D eigenvalue weighted by atomic mass is 32.2. The van der Waals surface area contributed by atoms with E-state index in [0.717, 1.165) is 26.2 Å². The molecule has 0 radical (unpaired) electrons. The summed E-state index contributed by atoms with van der Waals surface area (Å²) in [5.41, 5.74) is -0.407. The van der Waals surface area contributed by atoms with Crippen molar-refractivity contribution < 1.29 is 26.7 Å². The van der Waals surface area contributed by atoms with Gasteiger partial charge in [0.2, 0.25) is 0 Å². The summed E-state index contributed by atoms with van der Waals surface area (Å²) in [6.07, 6.45) is 1.67. The lowest BCUT2D eigenvalue weighted by molar-refractivity contribution is 0.102. The van der Waals surface area contributed by atoms with E-state index in [2.05, 4.69) is 20.0 Å². The molecule has 0 aliphatic carbocycles. The van der Waals surface area contributed by atoms with Crippen molar-refractivity contribution in [2.75, 3.05) is 37.6 Å². The summed E-state index contributed by atoms with van der Waals surface area (Å²) in [6.45, 7) is 3.05. The Hall–Kier alpha value is -2.93. The predicted octanol–water partition coefficient (Wildman–Crippen LogP) is 2.00. The maximum absolute atomic E-state index is 15.0. The van der Waals surface area contributed by atoms with Gasteiger partial charge in [-0.05, 0) is 42.7 Å². The molecule has 2 heterocycles. The van der Waals surface area contributed by atoms with E-state index in [-0.39, 0.29) is 30.5 Å². The van der Waals surface area contributed by atoms with Gasteiger partial charge in [-0.25, -0.2) is 22.9 Å². The summed E-state index contributed by atoms with van der Waals surface area (Å²) in [4.78, 5) is 24.0. The van der Waals surface area contributed by atoms with Gasteiger partial charge in [0.1, 0.15) is 11.6 Å². The first-order chi connectivity index (χ1) is 16.3. The molecule has 1 atom stereocenters. The predicted molar refractivity (Wildman–Crippen MR) is 120 cm³/mol. The second kappa shape index (κ2) is 10.6. The molecular formula is C22H21F3N5O3S-. The quantitative estimate of drug-likeness (QED) is 0.214. The Bertz CT molecular complexity index is 1250. The van der Waals surface area contributed by atoms with Gasteiger partial charge < -0.3 is 14.8 Å². The molecule has 34 heavy (non-hydrogen) atoms. The number of carbonyl (C=O) groups is 1. The normalized spacial score (nSPS) is 15.0. The van der Waals surface area contributed by atoms with Crippen LogP contribution >= 0.6 is 0 Å². The van der Waals surface area contributed by atoms with Crippen molar-refractivity contribution >= 4 is 33.9 Å². The third-order valence-corrected chi connectivity index (χ3v) is 5.97. The highest BCUT2D eigenvalue weighted by Gasteiger charge is 2.25. The fourth-order valence-electron chi connectivity index (χ4n) is 3.81. The van der Waals surface area contributed by atoms with Gasteiger partial charge in [0.05, 0.1) is 22.8 Å². The van der Waals surface area contributed by atoms with Crippen LogP contribution in [0.5, 0.6) is 0 Å². The zero-order chi connectivity index (χ0) is 24.2. The fraction of sp³-hybridized carbons (Fsp3) is 0.318. The first kappa shape index (κ1) is 24.2. The van der Waals surface area contributed by atoms with Crippen LogP contribution in [0.2, 0.25) is 0 Å². The van der Waals surface area contributed by atoms with E-state index in [1.807, 2.05) is 4.90 Å². The van der Waals surface area contributed by atoms with Crippen molar-refractivity contribution in [1.29, 1.82) is 0 Å². The Morgan fingerprint density at radius 3 is 2.65 bits per heavy atom. The number of ketones is 1. The van der Waals surface area contributed by atoms with Crippen LogP contribution in [0, 0.1) is 17.5 Å². The van der Waals surface area contributed by atoms with Crippen LogP contribution in [0.1, 0.15) is 27.9 Å². The van der Waals surface area contributed by atoms with Crippen LogP contribution in [0.25, 0.3) is 11.0 Å². The van der Waals surface area contributed by atoms with E-state index in [4.69, 9.17) is 0 Å². The topological polar surface area (TPSA) is 110 Å². The Morgan fingerprint density at radius 1 is 1.15 bits per heavy atom. The maximum atomic E-state index is 15.0. The number of piperazine rings is 1. The molecule has 8 nitrogen and oxygen atoms in total. The average molecular weight is 493 g/mol. The molecule has 1 unspecified atom stereocenters. The molecule has 2 aromatic carbocycles. The second-order valence-corrected chi connectivity index (χ2v) is 8.51. The molecule has 0 saturated carbocycles. The largest absolute Gasteiger partial charge is 0.760 e. The van der Waals surface area contributed by atoms with Gasteiger partial charge in [0.25, 0.3) is 0 Å². The number of hydrogen-bond donors (Lipinski definition) is 2. The van der Waals surface area contributed by atoms with Crippen molar-refractivity contribution in [3.05, 3.63) is 64.6 Å². The van der Waals surface area contributed by atoms with Crippen LogP contribution in [0.15, 0.2) is 30.5 Å². The Labute approximate surface area is 196 Å². The van der Waals surface area contributed by atoms with Gasteiger partial charge in [-0.3, -0.25) is 14.0 Å². The van der Waals surface area contributed by atoms with E-state index in [1.54, 1.807) is 6.20 Å².